The summed E-state index contributed by atoms with van der Waals surface area (Å²) in [5, 5.41) is 9.04. The maximum absolute atomic E-state index is 11.0. The van der Waals surface area contributed by atoms with Crippen LogP contribution < -0.4 is 9.47 Å². The largest absolute Gasteiger partial charge is 0.493 e. The summed E-state index contributed by atoms with van der Waals surface area (Å²) in [7, 11) is 4.95. The highest BCUT2D eigenvalue weighted by molar-refractivity contribution is 5.72. The third-order valence-electron chi connectivity index (χ3n) is 3.47. The Kier molecular flexibility index (Phi) is 5.18. The number of rotatable bonds is 6. The second kappa shape index (κ2) is 6.43. The molecule has 106 valence electrons. The van der Waals surface area contributed by atoms with Crippen molar-refractivity contribution in [3.05, 3.63) is 23.8 Å². The van der Waals surface area contributed by atoms with Gasteiger partial charge in [0.25, 0.3) is 0 Å². The van der Waals surface area contributed by atoms with Crippen LogP contribution in [0.3, 0.4) is 0 Å². The summed E-state index contributed by atoms with van der Waals surface area (Å²) in [5.74, 6) is 0.463. The summed E-state index contributed by atoms with van der Waals surface area (Å²) in [6, 6.07) is 5.02. The number of carboxylic acid groups (broad SMARTS) is 1. The fourth-order valence-corrected chi connectivity index (χ4v) is 1.86. The minimum Gasteiger partial charge on any atom is -0.493 e. The van der Waals surface area contributed by atoms with Gasteiger partial charge in [-0.2, -0.15) is 0 Å². The number of hydrogen-bond donors (Lipinski definition) is 1. The summed E-state index contributed by atoms with van der Waals surface area (Å²) >= 11 is 0. The Bertz CT molecular complexity index is 447. The van der Waals surface area contributed by atoms with Crippen LogP contribution in [0.2, 0.25) is 0 Å². The Morgan fingerprint density at radius 2 is 1.79 bits per heavy atom. The molecule has 0 radical (unpaired) electrons. The van der Waals surface area contributed by atoms with Gasteiger partial charge >= 0.3 is 5.97 Å². The summed E-state index contributed by atoms with van der Waals surface area (Å²) < 4.78 is 10.4. The van der Waals surface area contributed by atoms with Crippen LogP contribution in [-0.2, 0) is 4.79 Å². The Hall–Kier alpha value is -1.75. The predicted molar refractivity (Wildman–Crippen MR) is 72.8 cm³/mol. The van der Waals surface area contributed by atoms with Crippen molar-refractivity contribution in [2.24, 2.45) is 0 Å². The van der Waals surface area contributed by atoms with Gasteiger partial charge in [0.15, 0.2) is 11.5 Å². The molecule has 0 saturated heterocycles. The Balaban J connectivity index is 2.99. The monoisotopic (exact) mass is 267 g/mol. The fourth-order valence-electron chi connectivity index (χ4n) is 1.86. The summed E-state index contributed by atoms with van der Waals surface area (Å²) in [5.41, 5.74) is 0.980. The Morgan fingerprint density at radius 1 is 1.21 bits per heavy atom. The van der Waals surface area contributed by atoms with E-state index in [4.69, 9.17) is 14.6 Å². The van der Waals surface area contributed by atoms with E-state index in [1.54, 1.807) is 33.1 Å². The maximum atomic E-state index is 11.0. The van der Waals surface area contributed by atoms with Gasteiger partial charge < -0.3 is 14.6 Å². The van der Waals surface area contributed by atoms with Crippen LogP contribution in [0.1, 0.15) is 25.5 Å². The number of likely N-dealkylation sites (N-methyl/N-ethyl adjacent to an activating group) is 1. The molecular formula is C14H21NO4. The minimum atomic E-state index is -0.838. The topological polar surface area (TPSA) is 59.0 Å². The zero-order chi connectivity index (χ0) is 14.6. The molecule has 5 heteroatoms. The average molecular weight is 267 g/mol. The number of hydrogen-bond acceptors (Lipinski definition) is 4. The molecule has 0 aliphatic heterocycles. The van der Waals surface area contributed by atoms with Gasteiger partial charge in [-0.25, -0.2) is 0 Å². The van der Waals surface area contributed by atoms with Gasteiger partial charge in [0.2, 0.25) is 0 Å². The van der Waals surface area contributed by atoms with Crippen LogP contribution in [0.4, 0.5) is 0 Å². The fraction of sp³-hybridized carbons (Fsp3) is 0.500. The van der Waals surface area contributed by atoms with E-state index < -0.39 is 12.0 Å². The molecule has 1 rings (SSSR count). The number of carboxylic acids is 1. The molecule has 0 aliphatic rings. The highest BCUT2D eigenvalue weighted by Crippen LogP contribution is 2.31. The van der Waals surface area contributed by atoms with Crippen molar-refractivity contribution in [3.8, 4) is 11.5 Å². The first-order valence-corrected chi connectivity index (χ1v) is 6.09. The SMILES string of the molecule is COc1ccc(C(C)N(C)C(C)C(=O)O)cc1OC. The summed E-state index contributed by atoms with van der Waals surface area (Å²) in [4.78, 5) is 12.8. The number of nitrogens with zero attached hydrogens (tertiary/aromatic N) is 1. The van der Waals surface area contributed by atoms with E-state index in [2.05, 4.69) is 0 Å². The zero-order valence-electron chi connectivity index (χ0n) is 12.0. The number of benzene rings is 1. The van der Waals surface area contributed by atoms with E-state index in [9.17, 15) is 4.79 Å². The van der Waals surface area contributed by atoms with Gasteiger partial charge in [-0.1, -0.05) is 6.07 Å². The molecule has 0 heterocycles. The summed E-state index contributed by atoms with van der Waals surface area (Å²) in [6.45, 7) is 3.63. The lowest BCUT2D eigenvalue weighted by molar-refractivity contribution is -0.142. The highest BCUT2D eigenvalue weighted by atomic mass is 16.5. The van der Waals surface area contributed by atoms with Crippen LogP contribution in [0.15, 0.2) is 18.2 Å². The minimum absolute atomic E-state index is 0.0362. The van der Waals surface area contributed by atoms with E-state index in [-0.39, 0.29) is 6.04 Å². The van der Waals surface area contributed by atoms with Gasteiger partial charge in [0, 0.05) is 6.04 Å². The number of ether oxygens (including phenoxy) is 2. The molecule has 0 spiro atoms. The van der Waals surface area contributed by atoms with E-state index in [1.165, 1.54) is 0 Å². The van der Waals surface area contributed by atoms with Crippen molar-refractivity contribution in [2.75, 3.05) is 21.3 Å². The smallest absolute Gasteiger partial charge is 0.320 e. The molecule has 0 saturated carbocycles. The Labute approximate surface area is 113 Å². The van der Waals surface area contributed by atoms with E-state index in [1.807, 2.05) is 25.1 Å². The highest BCUT2D eigenvalue weighted by Gasteiger charge is 2.23. The molecule has 19 heavy (non-hydrogen) atoms. The van der Waals surface area contributed by atoms with Crippen molar-refractivity contribution >= 4 is 5.97 Å². The van der Waals surface area contributed by atoms with Crippen molar-refractivity contribution in [1.29, 1.82) is 0 Å². The maximum Gasteiger partial charge on any atom is 0.320 e. The van der Waals surface area contributed by atoms with Crippen LogP contribution in [0, 0.1) is 0 Å². The molecule has 0 bridgehead atoms. The molecule has 0 fully saturated rings. The van der Waals surface area contributed by atoms with Crippen LogP contribution in [0.5, 0.6) is 11.5 Å². The second-order valence-corrected chi connectivity index (χ2v) is 4.47. The van der Waals surface area contributed by atoms with E-state index in [0.29, 0.717) is 11.5 Å². The first kappa shape index (κ1) is 15.3. The van der Waals surface area contributed by atoms with Crippen molar-refractivity contribution in [1.82, 2.24) is 4.90 Å². The lowest BCUT2D eigenvalue weighted by Crippen LogP contribution is -2.37. The molecule has 2 atom stereocenters. The van der Waals surface area contributed by atoms with Gasteiger partial charge in [0.1, 0.15) is 6.04 Å². The van der Waals surface area contributed by atoms with E-state index in [0.717, 1.165) is 5.56 Å². The molecule has 1 aromatic carbocycles. The van der Waals surface area contributed by atoms with Crippen molar-refractivity contribution < 1.29 is 19.4 Å². The Morgan fingerprint density at radius 3 is 2.26 bits per heavy atom. The van der Waals surface area contributed by atoms with Crippen molar-refractivity contribution in [3.63, 3.8) is 0 Å². The first-order chi connectivity index (χ1) is 8.92. The number of methoxy groups -OCH3 is 2. The second-order valence-electron chi connectivity index (χ2n) is 4.47. The van der Waals surface area contributed by atoms with Gasteiger partial charge in [-0.3, -0.25) is 9.69 Å². The number of carbonyl (C=O) groups is 1. The molecular weight excluding hydrogens is 246 g/mol. The van der Waals surface area contributed by atoms with Gasteiger partial charge in [-0.05, 0) is 38.6 Å². The van der Waals surface area contributed by atoms with Gasteiger partial charge in [0.05, 0.1) is 14.2 Å². The van der Waals surface area contributed by atoms with Crippen LogP contribution >= 0.6 is 0 Å². The molecule has 1 N–H and O–H groups in total. The van der Waals surface area contributed by atoms with Gasteiger partial charge in [-0.15, -0.1) is 0 Å². The molecule has 2 unspecified atom stereocenters. The summed E-state index contributed by atoms with van der Waals surface area (Å²) in [6.07, 6.45) is 0. The third-order valence-corrected chi connectivity index (χ3v) is 3.47. The lowest BCUT2D eigenvalue weighted by atomic mass is 10.1. The molecule has 0 aromatic heterocycles. The predicted octanol–water partition coefficient (Wildman–Crippen LogP) is 2.17. The van der Waals surface area contributed by atoms with Crippen LogP contribution in [0.25, 0.3) is 0 Å². The standard InChI is InChI=1S/C14H21NO4/c1-9(15(3)10(2)14(16)17)11-6-7-12(18-4)13(8-11)19-5/h6-10H,1-5H3,(H,16,17). The first-order valence-electron chi connectivity index (χ1n) is 6.09. The average Bonchev–Trinajstić information content (AvgIpc) is 2.43. The quantitative estimate of drug-likeness (QED) is 0.856. The molecule has 1 aromatic rings. The zero-order valence-corrected chi connectivity index (χ0v) is 12.0. The molecule has 5 nitrogen and oxygen atoms in total. The molecule has 0 aliphatic carbocycles. The normalized spacial score (nSPS) is 14.0. The third kappa shape index (κ3) is 3.38. The number of aliphatic carboxylic acids is 1. The van der Waals surface area contributed by atoms with Crippen molar-refractivity contribution in [2.45, 2.75) is 25.9 Å². The van der Waals surface area contributed by atoms with Crippen LogP contribution in [-0.4, -0.2) is 43.3 Å². The van der Waals surface area contributed by atoms with E-state index >= 15 is 0 Å². The lowest BCUT2D eigenvalue weighted by Gasteiger charge is -2.28. The molecule has 0 amide bonds.